The first-order valence-electron chi connectivity index (χ1n) is 6.42. The molecule has 0 N–H and O–H groups in total. The molecule has 0 heterocycles. The number of ether oxygens (including phenoxy) is 1. The number of hydrogen-bond acceptors (Lipinski definition) is 2. The first-order chi connectivity index (χ1) is 7.25. The van der Waals surface area contributed by atoms with Gasteiger partial charge in [0.1, 0.15) is 0 Å². The summed E-state index contributed by atoms with van der Waals surface area (Å²) >= 11 is 0. The number of carbonyl (C=O) groups is 1. The average Bonchev–Trinajstić information content (AvgIpc) is 2.13. The minimum Gasteiger partial charge on any atom is -0.465 e. The van der Waals surface area contributed by atoms with Crippen molar-refractivity contribution in [1.82, 2.24) is 0 Å². The molecule has 0 saturated carbocycles. The largest absolute Gasteiger partial charge is 0.465 e. The first kappa shape index (κ1) is 15.5. The highest BCUT2D eigenvalue weighted by molar-refractivity contribution is 5.75. The highest BCUT2D eigenvalue weighted by Gasteiger charge is 2.28. The zero-order valence-electron chi connectivity index (χ0n) is 11.9. The molecule has 0 fully saturated rings. The molecule has 0 aliphatic heterocycles. The van der Waals surface area contributed by atoms with Crippen molar-refractivity contribution in [2.45, 2.75) is 67.2 Å². The van der Waals surface area contributed by atoms with Gasteiger partial charge in [-0.2, -0.15) is 0 Å². The van der Waals surface area contributed by atoms with Gasteiger partial charge in [-0.25, -0.2) is 0 Å². The van der Waals surface area contributed by atoms with Crippen molar-refractivity contribution in [3.63, 3.8) is 0 Å². The van der Waals surface area contributed by atoms with Crippen LogP contribution in [0.15, 0.2) is 0 Å². The highest BCUT2D eigenvalue weighted by Crippen LogP contribution is 2.30. The van der Waals surface area contributed by atoms with Crippen LogP contribution in [-0.2, 0) is 9.53 Å². The van der Waals surface area contributed by atoms with E-state index in [9.17, 15) is 4.79 Å². The zero-order valence-corrected chi connectivity index (χ0v) is 11.9. The van der Waals surface area contributed by atoms with Gasteiger partial charge in [-0.1, -0.05) is 33.6 Å². The Hall–Kier alpha value is -0.530. The van der Waals surface area contributed by atoms with Crippen LogP contribution < -0.4 is 0 Å². The van der Waals surface area contributed by atoms with Crippen molar-refractivity contribution in [2.75, 3.05) is 6.61 Å². The fraction of sp³-hybridized carbons (Fsp3) is 0.929. The maximum atomic E-state index is 11.7. The molecule has 0 atom stereocenters. The van der Waals surface area contributed by atoms with E-state index in [1.54, 1.807) is 0 Å². The normalized spacial score (nSPS) is 12.6. The van der Waals surface area contributed by atoms with Gasteiger partial charge < -0.3 is 4.74 Å². The Bertz CT molecular complexity index is 207. The summed E-state index contributed by atoms with van der Waals surface area (Å²) in [6.07, 6.45) is 4.53. The zero-order chi connectivity index (χ0) is 12.8. The van der Waals surface area contributed by atoms with Gasteiger partial charge in [-0.15, -0.1) is 0 Å². The monoisotopic (exact) mass is 228 g/mol. The van der Waals surface area contributed by atoms with Gasteiger partial charge in [0.2, 0.25) is 0 Å². The summed E-state index contributed by atoms with van der Waals surface area (Å²) in [5.74, 6) is -0.0917. The molecule has 0 unspecified atom stereocenters. The number of rotatable bonds is 6. The number of carbonyl (C=O) groups excluding carboxylic acids is 1. The van der Waals surface area contributed by atoms with Gasteiger partial charge in [0, 0.05) is 5.41 Å². The third-order valence-electron chi connectivity index (χ3n) is 2.87. The van der Waals surface area contributed by atoms with E-state index in [2.05, 4.69) is 20.8 Å². The Balaban J connectivity index is 4.27. The van der Waals surface area contributed by atoms with Gasteiger partial charge in [-0.05, 0) is 33.6 Å². The van der Waals surface area contributed by atoms with Crippen LogP contribution in [0.3, 0.4) is 0 Å². The van der Waals surface area contributed by atoms with E-state index >= 15 is 0 Å². The lowest BCUT2D eigenvalue weighted by Crippen LogP contribution is -2.30. The second-order valence-electron chi connectivity index (χ2n) is 6.14. The predicted molar refractivity (Wildman–Crippen MR) is 68.3 cm³/mol. The third-order valence-corrected chi connectivity index (χ3v) is 2.87. The smallest absolute Gasteiger partial charge is 0.311 e. The molecule has 96 valence electrons. The summed E-state index contributed by atoms with van der Waals surface area (Å²) < 4.78 is 5.44. The van der Waals surface area contributed by atoms with Crippen LogP contribution in [0.25, 0.3) is 0 Å². The minimum absolute atomic E-state index is 0.0917. The van der Waals surface area contributed by atoms with Crippen molar-refractivity contribution >= 4 is 5.97 Å². The molecule has 16 heavy (non-hydrogen) atoms. The molecule has 0 aromatic carbocycles. The second-order valence-corrected chi connectivity index (χ2v) is 6.14. The van der Waals surface area contributed by atoms with Crippen LogP contribution in [0.1, 0.15) is 67.2 Å². The molecule has 0 rings (SSSR count). The molecule has 2 heteroatoms. The van der Waals surface area contributed by atoms with Crippen molar-refractivity contribution in [2.24, 2.45) is 10.8 Å². The minimum atomic E-state index is -0.390. The van der Waals surface area contributed by atoms with Crippen molar-refractivity contribution in [1.29, 1.82) is 0 Å². The van der Waals surface area contributed by atoms with Crippen LogP contribution in [0, 0.1) is 10.8 Å². The molecule has 0 aromatic heterocycles. The van der Waals surface area contributed by atoms with E-state index in [4.69, 9.17) is 4.74 Å². The molecular weight excluding hydrogens is 200 g/mol. The topological polar surface area (TPSA) is 26.3 Å². The molecule has 0 bridgehead atoms. The highest BCUT2D eigenvalue weighted by atomic mass is 16.5. The number of hydrogen-bond donors (Lipinski definition) is 0. The Labute approximate surface area is 101 Å². The van der Waals surface area contributed by atoms with Crippen LogP contribution in [-0.4, -0.2) is 12.6 Å². The molecule has 0 aliphatic rings. The SMILES string of the molecule is CCCC(C)(CCC)COC(=O)C(C)(C)C. The van der Waals surface area contributed by atoms with E-state index in [0.29, 0.717) is 6.61 Å². The van der Waals surface area contributed by atoms with Gasteiger partial charge in [-0.3, -0.25) is 4.79 Å². The summed E-state index contributed by atoms with van der Waals surface area (Å²) in [4.78, 5) is 11.7. The van der Waals surface area contributed by atoms with Crippen LogP contribution in [0.4, 0.5) is 0 Å². The summed E-state index contributed by atoms with van der Waals surface area (Å²) in [6, 6.07) is 0. The first-order valence-corrected chi connectivity index (χ1v) is 6.42. The molecule has 0 aliphatic carbocycles. The Morgan fingerprint density at radius 2 is 1.44 bits per heavy atom. The van der Waals surface area contributed by atoms with Crippen molar-refractivity contribution in [3.8, 4) is 0 Å². The lowest BCUT2D eigenvalue weighted by Gasteiger charge is -2.29. The summed E-state index contributed by atoms with van der Waals surface area (Å²) in [7, 11) is 0. The molecule has 0 amide bonds. The van der Waals surface area contributed by atoms with E-state index in [0.717, 1.165) is 25.7 Å². The van der Waals surface area contributed by atoms with Gasteiger partial charge >= 0.3 is 5.97 Å². The molecule has 0 spiro atoms. The molecular formula is C14H28O2. The van der Waals surface area contributed by atoms with E-state index in [1.807, 2.05) is 20.8 Å². The summed E-state index contributed by atoms with van der Waals surface area (Å²) in [6.45, 7) is 12.8. The Kier molecular flexibility index (Phi) is 6.06. The van der Waals surface area contributed by atoms with Gasteiger partial charge in [0.25, 0.3) is 0 Å². The molecule has 2 nitrogen and oxygen atoms in total. The summed E-state index contributed by atoms with van der Waals surface area (Å²) in [5, 5.41) is 0. The van der Waals surface area contributed by atoms with Gasteiger partial charge in [0.15, 0.2) is 0 Å². The van der Waals surface area contributed by atoms with Gasteiger partial charge in [0.05, 0.1) is 12.0 Å². The summed E-state index contributed by atoms with van der Waals surface area (Å²) in [5.41, 5.74) is -0.232. The fourth-order valence-corrected chi connectivity index (χ4v) is 1.93. The van der Waals surface area contributed by atoms with Crippen molar-refractivity contribution < 1.29 is 9.53 Å². The molecule has 0 aromatic rings. The average molecular weight is 228 g/mol. The second kappa shape index (κ2) is 6.27. The number of esters is 1. The lowest BCUT2D eigenvalue weighted by atomic mass is 9.82. The van der Waals surface area contributed by atoms with Crippen LogP contribution >= 0.6 is 0 Å². The Morgan fingerprint density at radius 3 is 1.75 bits per heavy atom. The van der Waals surface area contributed by atoms with Crippen LogP contribution in [0.5, 0.6) is 0 Å². The van der Waals surface area contributed by atoms with Crippen molar-refractivity contribution in [3.05, 3.63) is 0 Å². The molecule has 0 radical (unpaired) electrons. The lowest BCUT2D eigenvalue weighted by molar-refractivity contribution is -0.156. The molecule has 0 saturated heterocycles. The van der Waals surface area contributed by atoms with E-state index in [-0.39, 0.29) is 16.8 Å². The Morgan fingerprint density at radius 1 is 1.00 bits per heavy atom. The maximum Gasteiger partial charge on any atom is 0.311 e. The quantitative estimate of drug-likeness (QED) is 0.637. The maximum absolute atomic E-state index is 11.7. The fourth-order valence-electron chi connectivity index (χ4n) is 1.93. The predicted octanol–water partition coefficient (Wildman–Crippen LogP) is 4.18. The van der Waals surface area contributed by atoms with E-state index in [1.165, 1.54) is 0 Å². The standard InChI is InChI=1S/C14H28O2/c1-7-9-14(6,10-8-2)11-16-12(15)13(3,4)5/h7-11H2,1-6H3. The third kappa shape index (κ3) is 5.53. The van der Waals surface area contributed by atoms with E-state index < -0.39 is 0 Å². The van der Waals surface area contributed by atoms with Crippen LogP contribution in [0.2, 0.25) is 0 Å².